The minimum atomic E-state index is -0.313. The Bertz CT molecular complexity index is 892. The Hall–Kier alpha value is -2.70. The molecule has 162 valence electrons. The molecular formula is C23H30FN3O3. The van der Waals surface area contributed by atoms with Crippen molar-refractivity contribution >= 4 is 11.9 Å². The van der Waals surface area contributed by atoms with Gasteiger partial charge >= 0.3 is 5.97 Å². The maximum Gasteiger partial charge on any atom is 0.310 e. The smallest absolute Gasteiger partial charge is 0.310 e. The summed E-state index contributed by atoms with van der Waals surface area (Å²) in [5.41, 5.74) is 2.91. The van der Waals surface area contributed by atoms with Crippen molar-refractivity contribution in [3.8, 4) is 5.69 Å². The molecule has 3 rings (SSSR count). The fraction of sp³-hybridized carbons (Fsp3) is 0.522. The molecule has 1 aromatic heterocycles. The normalized spacial score (nSPS) is 16.5. The maximum atomic E-state index is 13.6. The topological polar surface area (TPSA) is 64.4 Å². The second-order valence-electron chi connectivity index (χ2n) is 7.60. The van der Waals surface area contributed by atoms with Crippen LogP contribution in [0, 0.1) is 11.7 Å². The lowest BCUT2D eigenvalue weighted by atomic mass is 9.96. The zero-order valence-electron chi connectivity index (χ0n) is 18.0. The second-order valence-corrected chi connectivity index (χ2v) is 7.60. The van der Waals surface area contributed by atoms with E-state index in [0.717, 1.165) is 36.3 Å². The van der Waals surface area contributed by atoms with Gasteiger partial charge in [0.1, 0.15) is 5.82 Å². The predicted octanol–water partition coefficient (Wildman–Crippen LogP) is 3.94. The van der Waals surface area contributed by atoms with Gasteiger partial charge in [0.25, 0.3) is 5.91 Å². The summed E-state index contributed by atoms with van der Waals surface area (Å²) in [6.07, 6.45) is 3.66. The molecule has 2 aromatic rings. The minimum absolute atomic E-state index is 0.0855. The van der Waals surface area contributed by atoms with Crippen molar-refractivity contribution in [2.45, 2.75) is 52.9 Å². The number of aryl methyl sites for hydroxylation is 1. The Labute approximate surface area is 177 Å². The van der Waals surface area contributed by atoms with Gasteiger partial charge in [-0.3, -0.25) is 9.59 Å². The van der Waals surface area contributed by atoms with Crippen LogP contribution in [0.1, 0.15) is 61.8 Å². The molecule has 1 saturated heterocycles. The van der Waals surface area contributed by atoms with E-state index in [9.17, 15) is 14.0 Å². The standard InChI is InChI=1S/C23H30FN3O3/c1-4-8-19-21(20(5-2)27(25-19)18-12-10-17(24)11-13-18)22(28)26-14-7-9-16(15-26)23(29)30-6-3/h10-13,16H,4-9,14-15H2,1-3H3/t16-/m1/s1. The van der Waals surface area contributed by atoms with Crippen molar-refractivity contribution in [3.63, 3.8) is 0 Å². The van der Waals surface area contributed by atoms with Gasteiger partial charge in [-0.15, -0.1) is 0 Å². The number of piperidine rings is 1. The van der Waals surface area contributed by atoms with Crippen molar-refractivity contribution in [1.29, 1.82) is 0 Å². The van der Waals surface area contributed by atoms with Crippen LogP contribution in [-0.2, 0) is 22.4 Å². The van der Waals surface area contributed by atoms with Crippen LogP contribution in [0.2, 0.25) is 0 Å². The van der Waals surface area contributed by atoms with E-state index in [0.29, 0.717) is 38.1 Å². The second kappa shape index (κ2) is 9.87. The van der Waals surface area contributed by atoms with Gasteiger partial charge in [0.15, 0.2) is 0 Å². The molecule has 1 fully saturated rings. The molecule has 30 heavy (non-hydrogen) atoms. The van der Waals surface area contributed by atoms with Gasteiger partial charge < -0.3 is 9.64 Å². The number of amides is 1. The molecule has 0 N–H and O–H groups in total. The van der Waals surface area contributed by atoms with Gasteiger partial charge in [-0.25, -0.2) is 9.07 Å². The molecule has 7 heteroatoms. The number of hydrogen-bond acceptors (Lipinski definition) is 4. The van der Waals surface area contributed by atoms with E-state index >= 15 is 0 Å². The highest BCUT2D eigenvalue weighted by Gasteiger charge is 2.33. The highest BCUT2D eigenvalue weighted by atomic mass is 19.1. The first kappa shape index (κ1) is 22.0. The lowest BCUT2D eigenvalue weighted by Gasteiger charge is -2.31. The Morgan fingerprint density at radius 1 is 1.20 bits per heavy atom. The Morgan fingerprint density at radius 2 is 1.93 bits per heavy atom. The highest BCUT2D eigenvalue weighted by molar-refractivity contribution is 5.97. The van der Waals surface area contributed by atoms with Crippen LogP contribution in [0.25, 0.3) is 5.69 Å². The Kier molecular flexibility index (Phi) is 7.24. The van der Waals surface area contributed by atoms with E-state index in [4.69, 9.17) is 9.84 Å². The quantitative estimate of drug-likeness (QED) is 0.643. The molecule has 0 spiro atoms. The number of carbonyl (C=O) groups excluding carboxylic acids is 2. The minimum Gasteiger partial charge on any atom is -0.466 e. The van der Waals surface area contributed by atoms with Crippen LogP contribution in [-0.4, -0.2) is 46.3 Å². The van der Waals surface area contributed by atoms with E-state index in [-0.39, 0.29) is 23.6 Å². The molecule has 6 nitrogen and oxygen atoms in total. The zero-order chi connectivity index (χ0) is 21.7. The molecule has 1 aliphatic rings. The fourth-order valence-corrected chi connectivity index (χ4v) is 4.06. The van der Waals surface area contributed by atoms with Gasteiger partial charge in [0.05, 0.1) is 35.2 Å². The molecule has 1 aromatic carbocycles. The van der Waals surface area contributed by atoms with Crippen LogP contribution in [0.3, 0.4) is 0 Å². The van der Waals surface area contributed by atoms with Crippen molar-refractivity contribution in [3.05, 3.63) is 47.0 Å². The zero-order valence-corrected chi connectivity index (χ0v) is 18.0. The largest absolute Gasteiger partial charge is 0.466 e. The van der Waals surface area contributed by atoms with Gasteiger partial charge in [-0.05, 0) is 56.9 Å². The monoisotopic (exact) mass is 415 g/mol. The highest BCUT2D eigenvalue weighted by Crippen LogP contribution is 2.26. The van der Waals surface area contributed by atoms with Gasteiger partial charge in [-0.1, -0.05) is 20.3 Å². The van der Waals surface area contributed by atoms with Crippen LogP contribution in [0.5, 0.6) is 0 Å². The number of ether oxygens (including phenoxy) is 1. The summed E-state index contributed by atoms with van der Waals surface area (Å²) >= 11 is 0. The molecule has 1 atom stereocenters. The molecule has 0 saturated carbocycles. The van der Waals surface area contributed by atoms with E-state index in [1.807, 2.05) is 6.92 Å². The molecule has 0 aliphatic carbocycles. The van der Waals surface area contributed by atoms with Crippen LogP contribution < -0.4 is 0 Å². The van der Waals surface area contributed by atoms with Gasteiger partial charge in [0, 0.05) is 13.1 Å². The number of halogens is 1. The predicted molar refractivity (Wildman–Crippen MR) is 112 cm³/mol. The number of aromatic nitrogens is 2. The first-order chi connectivity index (χ1) is 14.5. The maximum absolute atomic E-state index is 13.6. The number of hydrogen-bond donors (Lipinski definition) is 0. The number of esters is 1. The van der Waals surface area contributed by atoms with Gasteiger partial charge in [0.2, 0.25) is 0 Å². The van der Waals surface area contributed by atoms with Crippen LogP contribution in [0.4, 0.5) is 4.39 Å². The lowest BCUT2D eigenvalue weighted by molar-refractivity contribution is -0.149. The summed E-state index contributed by atoms with van der Waals surface area (Å²) in [7, 11) is 0. The van der Waals surface area contributed by atoms with Crippen LogP contribution >= 0.6 is 0 Å². The van der Waals surface area contributed by atoms with Crippen molar-refractivity contribution < 1.29 is 18.7 Å². The van der Waals surface area contributed by atoms with Crippen molar-refractivity contribution in [2.75, 3.05) is 19.7 Å². The summed E-state index contributed by atoms with van der Waals surface area (Å²) in [4.78, 5) is 27.5. The first-order valence-electron chi connectivity index (χ1n) is 10.8. The summed E-state index contributed by atoms with van der Waals surface area (Å²) in [5, 5.41) is 4.73. The number of nitrogens with zero attached hydrogens (tertiary/aromatic N) is 3. The number of rotatable bonds is 7. The SMILES string of the molecule is CCCc1nn(-c2ccc(F)cc2)c(CC)c1C(=O)N1CCC[C@@H](C(=O)OCC)C1. The fourth-order valence-electron chi connectivity index (χ4n) is 4.06. The third-order valence-electron chi connectivity index (χ3n) is 5.49. The van der Waals surface area contributed by atoms with Crippen molar-refractivity contribution in [2.24, 2.45) is 5.92 Å². The number of likely N-dealkylation sites (tertiary alicyclic amines) is 1. The molecule has 2 heterocycles. The molecular weight excluding hydrogens is 385 g/mol. The number of carbonyl (C=O) groups is 2. The van der Waals surface area contributed by atoms with Gasteiger partial charge in [-0.2, -0.15) is 5.10 Å². The molecule has 1 aliphatic heterocycles. The molecule has 1 amide bonds. The van der Waals surface area contributed by atoms with E-state index in [2.05, 4.69) is 6.92 Å². The van der Waals surface area contributed by atoms with E-state index < -0.39 is 0 Å². The number of benzene rings is 1. The lowest BCUT2D eigenvalue weighted by Crippen LogP contribution is -2.43. The van der Waals surface area contributed by atoms with Crippen LogP contribution in [0.15, 0.2) is 24.3 Å². The third kappa shape index (κ3) is 4.55. The summed E-state index contributed by atoms with van der Waals surface area (Å²) < 4.78 is 20.3. The third-order valence-corrected chi connectivity index (χ3v) is 5.49. The van der Waals surface area contributed by atoms with E-state index in [1.165, 1.54) is 12.1 Å². The molecule has 0 radical (unpaired) electrons. The Balaban J connectivity index is 1.96. The Morgan fingerprint density at radius 3 is 2.57 bits per heavy atom. The van der Waals surface area contributed by atoms with E-state index in [1.54, 1.807) is 28.6 Å². The molecule has 0 bridgehead atoms. The summed E-state index contributed by atoms with van der Waals surface area (Å²) in [6, 6.07) is 6.13. The average Bonchev–Trinajstić information content (AvgIpc) is 3.12. The molecule has 0 unspecified atom stereocenters. The summed E-state index contributed by atoms with van der Waals surface area (Å²) in [6.45, 7) is 7.15. The first-order valence-corrected chi connectivity index (χ1v) is 10.8. The van der Waals surface area contributed by atoms with Crippen molar-refractivity contribution in [1.82, 2.24) is 14.7 Å². The summed E-state index contributed by atoms with van der Waals surface area (Å²) in [5.74, 6) is -0.916. The average molecular weight is 416 g/mol.